The molecule has 0 atom stereocenters. The quantitative estimate of drug-likeness (QED) is 0.611. The van der Waals surface area contributed by atoms with Crippen LogP contribution < -0.4 is 11.2 Å². The van der Waals surface area contributed by atoms with E-state index < -0.39 is 33.7 Å². The highest BCUT2D eigenvalue weighted by Gasteiger charge is 2.31. The molecule has 1 saturated heterocycles. The SMILES string of the molecule is CCn1cc(C#N)c(=O)n(CC(=O)N2CCN(S(=O)(=O)c3ccc(Cl)s3)CC2)c1=O. The van der Waals surface area contributed by atoms with Gasteiger partial charge in [0.2, 0.25) is 5.91 Å². The summed E-state index contributed by atoms with van der Waals surface area (Å²) < 4.78 is 29.0. The lowest BCUT2D eigenvalue weighted by Gasteiger charge is -2.33. The zero-order valence-corrected chi connectivity index (χ0v) is 18.3. The van der Waals surface area contributed by atoms with E-state index in [1.54, 1.807) is 13.0 Å². The van der Waals surface area contributed by atoms with E-state index in [0.717, 1.165) is 15.9 Å². The summed E-state index contributed by atoms with van der Waals surface area (Å²) in [5.41, 5.74) is -1.73. The maximum atomic E-state index is 12.7. The molecule has 30 heavy (non-hydrogen) atoms. The Balaban J connectivity index is 1.73. The van der Waals surface area contributed by atoms with Gasteiger partial charge in [0.15, 0.2) is 0 Å². The van der Waals surface area contributed by atoms with Crippen LogP contribution in [0.2, 0.25) is 4.34 Å². The van der Waals surface area contributed by atoms with Crippen molar-refractivity contribution in [1.29, 1.82) is 5.26 Å². The summed E-state index contributed by atoms with van der Waals surface area (Å²) in [5.74, 6) is -0.497. The molecular formula is C17H18ClN5O5S2. The molecule has 0 N–H and O–H groups in total. The Kier molecular flexibility index (Phi) is 6.47. The van der Waals surface area contributed by atoms with Gasteiger partial charge in [0, 0.05) is 38.9 Å². The minimum absolute atomic E-state index is 0.0793. The number of hydrogen-bond donors (Lipinski definition) is 0. The van der Waals surface area contributed by atoms with Crippen molar-refractivity contribution in [2.45, 2.75) is 24.2 Å². The predicted molar refractivity (Wildman–Crippen MR) is 110 cm³/mol. The van der Waals surface area contributed by atoms with Crippen LogP contribution >= 0.6 is 22.9 Å². The fourth-order valence-corrected chi connectivity index (χ4v) is 6.13. The highest BCUT2D eigenvalue weighted by Crippen LogP contribution is 2.28. The number of sulfonamides is 1. The number of nitrogens with zero attached hydrogens (tertiary/aromatic N) is 5. The topological polar surface area (TPSA) is 125 Å². The van der Waals surface area contributed by atoms with Gasteiger partial charge in [0.05, 0.1) is 4.34 Å². The first-order valence-electron chi connectivity index (χ1n) is 8.96. The van der Waals surface area contributed by atoms with Crippen molar-refractivity contribution in [2.24, 2.45) is 0 Å². The smallest absolute Gasteiger partial charge is 0.331 e. The van der Waals surface area contributed by atoms with Gasteiger partial charge in [-0.15, -0.1) is 11.3 Å². The standard InChI is InChI=1S/C17H18ClN5O5S2/c1-2-20-10-12(9-19)16(25)23(17(20)26)11-14(24)21-5-7-22(8-6-21)30(27,28)15-4-3-13(18)29-15/h3-4,10H,2,5-8,11H2,1H3. The number of piperazine rings is 1. The third-order valence-corrected chi connectivity index (χ3v) is 8.32. The maximum absolute atomic E-state index is 12.7. The van der Waals surface area contributed by atoms with Gasteiger partial charge in [0.25, 0.3) is 15.6 Å². The third-order valence-electron chi connectivity index (χ3n) is 4.73. The summed E-state index contributed by atoms with van der Waals surface area (Å²) in [6.07, 6.45) is 1.17. The normalized spacial score (nSPS) is 15.2. The van der Waals surface area contributed by atoms with Gasteiger partial charge in [-0.25, -0.2) is 17.8 Å². The van der Waals surface area contributed by atoms with E-state index in [-0.39, 0.29) is 42.5 Å². The fourth-order valence-electron chi connectivity index (χ4n) is 3.07. The Labute approximate surface area is 181 Å². The second kappa shape index (κ2) is 8.73. The average molecular weight is 472 g/mol. The number of halogens is 1. The lowest BCUT2D eigenvalue weighted by atomic mass is 10.3. The summed E-state index contributed by atoms with van der Waals surface area (Å²) in [6.45, 7) is 1.80. The van der Waals surface area contributed by atoms with E-state index in [2.05, 4.69) is 0 Å². The van der Waals surface area contributed by atoms with Crippen LogP contribution in [-0.4, -0.2) is 58.8 Å². The highest BCUT2D eigenvalue weighted by atomic mass is 35.5. The van der Waals surface area contributed by atoms with E-state index in [1.807, 2.05) is 0 Å². The first-order valence-corrected chi connectivity index (χ1v) is 11.6. The molecule has 0 radical (unpaired) electrons. The van der Waals surface area contributed by atoms with Crippen LogP contribution in [0, 0.1) is 11.3 Å². The fraction of sp³-hybridized carbons (Fsp3) is 0.412. The van der Waals surface area contributed by atoms with Gasteiger partial charge >= 0.3 is 5.69 Å². The van der Waals surface area contributed by atoms with Gasteiger partial charge in [-0.05, 0) is 19.1 Å². The summed E-state index contributed by atoms with van der Waals surface area (Å²) in [4.78, 5) is 38.8. The van der Waals surface area contributed by atoms with Crippen molar-refractivity contribution in [3.05, 3.63) is 49.1 Å². The summed E-state index contributed by atoms with van der Waals surface area (Å²) >= 11 is 6.78. The first-order chi connectivity index (χ1) is 14.2. The number of carbonyl (C=O) groups is 1. The molecule has 3 heterocycles. The van der Waals surface area contributed by atoms with E-state index in [9.17, 15) is 22.8 Å². The second-order valence-corrected chi connectivity index (χ2v) is 10.3. The van der Waals surface area contributed by atoms with Gasteiger partial charge in [-0.3, -0.25) is 14.2 Å². The molecule has 0 aromatic carbocycles. The molecule has 2 aromatic heterocycles. The second-order valence-electron chi connectivity index (χ2n) is 6.46. The van der Waals surface area contributed by atoms with Crippen LogP contribution in [0.1, 0.15) is 12.5 Å². The van der Waals surface area contributed by atoms with Crippen LogP contribution in [0.15, 0.2) is 32.1 Å². The van der Waals surface area contributed by atoms with Gasteiger partial charge < -0.3 is 4.90 Å². The summed E-state index contributed by atoms with van der Waals surface area (Å²) in [6, 6.07) is 4.68. The molecule has 0 unspecified atom stereocenters. The Morgan fingerprint density at radius 2 is 1.90 bits per heavy atom. The number of aromatic nitrogens is 2. The molecule has 0 aliphatic carbocycles. The minimum Gasteiger partial charge on any atom is -0.338 e. The molecule has 0 saturated carbocycles. The molecule has 2 aromatic rings. The molecule has 160 valence electrons. The van der Waals surface area contributed by atoms with Crippen LogP contribution in [0.4, 0.5) is 0 Å². The van der Waals surface area contributed by atoms with Crippen molar-refractivity contribution in [2.75, 3.05) is 26.2 Å². The molecule has 1 amide bonds. The van der Waals surface area contributed by atoms with Crippen molar-refractivity contribution < 1.29 is 13.2 Å². The van der Waals surface area contributed by atoms with E-state index >= 15 is 0 Å². The molecule has 0 spiro atoms. The van der Waals surface area contributed by atoms with Crippen molar-refractivity contribution in [1.82, 2.24) is 18.3 Å². The number of amides is 1. The van der Waals surface area contributed by atoms with Gasteiger partial charge in [-0.1, -0.05) is 11.6 Å². The van der Waals surface area contributed by atoms with Crippen LogP contribution in [0.3, 0.4) is 0 Å². The zero-order chi connectivity index (χ0) is 22.1. The highest BCUT2D eigenvalue weighted by molar-refractivity contribution is 7.91. The monoisotopic (exact) mass is 471 g/mol. The number of nitriles is 1. The van der Waals surface area contributed by atoms with Crippen molar-refractivity contribution in [3.63, 3.8) is 0 Å². The number of carbonyl (C=O) groups excluding carboxylic acids is 1. The largest absolute Gasteiger partial charge is 0.338 e. The molecule has 1 aliphatic rings. The molecule has 3 rings (SSSR count). The number of rotatable bonds is 5. The van der Waals surface area contributed by atoms with Gasteiger partial charge in [-0.2, -0.15) is 9.57 Å². The molecule has 0 bridgehead atoms. The average Bonchev–Trinajstić information content (AvgIpc) is 3.18. The first kappa shape index (κ1) is 22.2. The summed E-state index contributed by atoms with van der Waals surface area (Å²) in [7, 11) is -3.70. The Morgan fingerprint density at radius 1 is 1.23 bits per heavy atom. The van der Waals surface area contributed by atoms with Gasteiger partial charge in [0.1, 0.15) is 22.4 Å². The maximum Gasteiger partial charge on any atom is 0.331 e. The molecule has 10 nitrogen and oxygen atoms in total. The van der Waals surface area contributed by atoms with Crippen LogP contribution in [0.25, 0.3) is 0 Å². The molecule has 1 fully saturated rings. The van der Waals surface area contributed by atoms with Crippen LogP contribution in [0.5, 0.6) is 0 Å². The Bertz CT molecular complexity index is 1230. The number of aryl methyl sites for hydroxylation is 1. The van der Waals surface area contributed by atoms with E-state index in [0.29, 0.717) is 4.34 Å². The minimum atomic E-state index is -3.70. The summed E-state index contributed by atoms with van der Waals surface area (Å²) in [5, 5.41) is 9.09. The zero-order valence-electron chi connectivity index (χ0n) is 15.9. The molecule has 1 aliphatic heterocycles. The number of hydrogen-bond acceptors (Lipinski definition) is 7. The van der Waals surface area contributed by atoms with E-state index in [4.69, 9.17) is 16.9 Å². The third kappa shape index (κ3) is 4.20. The molecular weight excluding hydrogens is 454 g/mol. The van der Waals surface area contributed by atoms with Crippen molar-refractivity contribution >= 4 is 38.9 Å². The lowest BCUT2D eigenvalue weighted by Crippen LogP contribution is -2.52. The predicted octanol–water partition coefficient (Wildman–Crippen LogP) is 0.150. The van der Waals surface area contributed by atoms with Crippen molar-refractivity contribution in [3.8, 4) is 6.07 Å². The Hall–Kier alpha value is -2.46. The number of thiophene rings is 1. The molecule has 13 heteroatoms. The van der Waals surface area contributed by atoms with Crippen LogP contribution in [-0.2, 0) is 27.9 Å². The Morgan fingerprint density at radius 3 is 2.43 bits per heavy atom. The van der Waals surface area contributed by atoms with E-state index in [1.165, 1.54) is 32.1 Å². The lowest BCUT2D eigenvalue weighted by molar-refractivity contribution is -0.133.